The smallest absolute Gasteiger partial charge is 0.139 e. The predicted molar refractivity (Wildman–Crippen MR) is 57.6 cm³/mol. The van der Waals surface area contributed by atoms with Gasteiger partial charge in [-0.25, -0.2) is 0 Å². The van der Waals surface area contributed by atoms with Crippen LogP contribution in [0.3, 0.4) is 0 Å². The molecule has 14 heavy (non-hydrogen) atoms. The van der Waals surface area contributed by atoms with E-state index in [1.165, 1.54) is 6.07 Å². The van der Waals surface area contributed by atoms with Crippen LogP contribution in [0.15, 0.2) is 18.2 Å². The molecule has 0 aliphatic rings. The van der Waals surface area contributed by atoms with Crippen LogP contribution in [-0.4, -0.2) is 10.1 Å². The van der Waals surface area contributed by atoms with Gasteiger partial charge in [-0.05, 0) is 25.1 Å². The van der Waals surface area contributed by atoms with Gasteiger partial charge in [0, 0.05) is 11.1 Å². The number of hydrogen-bond donors (Lipinski definition) is 2. The van der Waals surface area contributed by atoms with E-state index in [-0.39, 0.29) is 11.4 Å². The lowest BCUT2D eigenvalue weighted by Gasteiger charge is -2.06. The number of aromatic nitrogens is 1. The molecule has 0 saturated heterocycles. The third kappa shape index (κ3) is 1.26. The van der Waals surface area contributed by atoms with Crippen molar-refractivity contribution in [2.24, 2.45) is 0 Å². The molecule has 1 aromatic carbocycles. The summed E-state index contributed by atoms with van der Waals surface area (Å²) in [5, 5.41) is 10.5. The molecule has 0 fully saturated rings. The quantitative estimate of drug-likeness (QED) is 0.517. The monoisotopic (exact) mass is 208 g/mol. The predicted octanol–water partition coefficient (Wildman–Crippen LogP) is 2.48. The zero-order valence-electron chi connectivity index (χ0n) is 7.58. The Bertz CT molecular complexity index is 511. The van der Waals surface area contributed by atoms with Crippen molar-refractivity contribution < 1.29 is 5.11 Å². The first kappa shape index (κ1) is 9.09. The molecule has 3 nitrogen and oxygen atoms in total. The van der Waals surface area contributed by atoms with Crippen molar-refractivity contribution in [1.82, 2.24) is 4.98 Å². The molecule has 0 radical (unpaired) electrons. The lowest BCUT2D eigenvalue weighted by molar-refractivity contribution is 0.478. The average Bonchev–Trinajstić information content (AvgIpc) is 2.10. The van der Waals surface area contributed by atoms with Crippen LogP contribution in [0.5, 0.6) is 5.75 Å². The van der Waals surface area contributed by atoms with Gasteiger partial charge in [0.2, 0.25) is 0 Å². The lowest BCUT2D eigenvalue weighted by Crippen LogP contribution is -1.91. The van der Waals surface area contributed by atoms with Crippen molar-refractivity contribution >= 4 is 28.2 Å². The van der Waals surface area contributed by atoms with Crippen LogP contribution in [0.2, 0.25) is 5.02 Å². The second kappa shape index (κ2) is 3.03. The molecule has 0 bridgehead atoms. The fourth-order valence-corrected chi connectivity index (χ4v) is 1.78. The van der Waals surface area contributed by atoms with E-state index in [0.29, 0.717) is 15.9 Å². The van der Waals surface area contributed by atoms with Crippen LogP contribution in [0.4, 0.5) is 5.69 Å². The molecule has 0 unspecified atom stereocenters. The molecular formula is C10H9ClN2O. The number of fused-ring (bicyclic) bond motifs is 1. The molecular weight excluding hydrogens is 200 g/mol. The fraction of sp³-hybridized carbons (Fsp3) is 0.100. The Kier molecular flexibility index (Phi) is 1.97. The summed E-state index contributed by atoms with van der Waals surface area (Å²) in [4.78, 5) is 4.26. The molecule has 1 aromatic heterocycles. The Morgan fingerprint density at radius 2 is 2.14 bits per heavy atom. The van der Waals surface area contributed by atoms with Crippen molar-refractivity contribution in [2.45, 2.75) is 6.92 Å². The second-order valence-corrected chi connectivity index (χ2v) is 3.55. The third-order valence-corrected chi connectivity index (χ3v) is 2.37. The van der Waals surface area contributed by atoms with Gasteiger partial charge < -0.3 is 10.8 Å². The van der Waals surface area contributed by atoms with Gasteiger partial charge >= 0.3 is 0 Å². The summed E-state index contributed by atoms with van der Waals surface area (Å²) >= 11 is 6.01. The molecule has 72 valence electrons. The van der Waals surface area contributed by atoms with E-state index >= 15 is 0 Å². The Morgan fingerprint density at radius 1 is 1.43 bits per heavy atom. The number of hydrogen-bond acceptors (Lipinski definition) is 3. The molecule has 0 aliphatic heterocycles. The van der Waals surface area contributed by atoms with E-state index in [2.05, 4.69) is 4.98 Å². The van der Waals surface area contributed by atoms with Gasteiger partial charge in [0.1, 0.15) is 5.75 Å². The maximum Gasteiger partial charge on any atom is 0.139 e. The summed E-state index contributed by atoms with van der Waals surface area (Å²) in [6.07, 6.45) is 0. The van der Waals surface area contributed by atoms with E-state index in [1.54, 1.807) is 12.1 Å². The van der Waals surface area contributed by atoms with E-state index in [9.17, 15) is 5.11 Å². The van der Waals surface area contributed by atoms with E-state index in [1.807, 2.05) is 6.92 Å². The number of aromatic hydroxyl groups is 1. The molecule has 3 N–H and O–H groups in total. The molecule has 2 rings (SSSR count). The number of pyridine rings is 1. The summed E-state index contributed by atoms with van der Waals surface area (Å²) in [6, 6.07) is 4.93. The fourth-order valence-electron chi connectivity index (χ4n) is 1.42. The molecule has 0 saturated carbocycles. The molecule has 4 heteroatoms. The Balaban J connectivity index is 2.95. The summed E-state index contributed by atoms with van der Waals surface area (Å²) < 4.78 is 0. The zero-order chi connectivity index (χ0) is 10.3. The zero-order valence-corrected chi connectivity index (χ0v) is 8.34. The highest BCUT2D eigenvalue weighted by Crippen LogP contribution is 2.33. The average molecular weight is 209 g/mol. The van der Waals surface area contributed by atoms with Crippen LogP contribution in [0.1, 0.15) is 5.69 Å². The molecule has 2 aromatic rings. The lowest BCUT2D eigenvalue weighted by atomic mass is 10.1. The minimum absolute atomic E-state index is 0.0325. The summed E-state index contributed by atoms with van der Waals surface area (Å²) in [7, 11) is 0. The van der Waals surface area contributed by atoms with Crippen molar-refractivity contribution in [3.8, 4) is 5.75 Å². The minimum atomic E-state index is 0.0325. The molecule has 0 spiro atoms. The highest BCUT2D eigenvalue weighted by Gasteiger charge is 2.08. The van der Waals surface area contributed by atoms with Gasteiger partial charge in [0.25, 0.3) is 0 Å². The minimum Gasteiger partial charge on any atom is -0.506 e. The first-order valence-corrected chi connectivity index (χ1v) is 4.51. The van der Waals surface area contributed by atoms with Crippen molar-refractivity contribution in [3.05, 3.63) is 28.9 Å². The summed E-state index contributed by atoms with van der Waals surface area (Å²) in [6.45, 7) is 1.86. The van der Waals surface area contributed by atoms with E-state index in [4.69, 9.17) is 17.3 Å². The SMILES string of the molecule is Cc1cc(Cl)c2c(N)c(O)ccc2n1. The second-order valence-electron chi connectivity index (χ2n) is 3.14. The van der Waals surface area contributed by atoms with Gasteiger partial charge in [-0.15, -0.1) is 0 Å². The van der Waals surface area contributed by atoms with E-state index in [0.717, 1.165) is 5.69 Å². The molecule has 0 amide bonds. The van der Waals surface area contributed by atoms with Crippen molar-refractivity contribution in [2.75, 3.05) is 5.73 Å². The number of nitrogen functional groups attached to an aromatic ring is 1. The van der Waals surface area contributed by atoms with E-state index < -0.39 is 0 Å². The Labute approximate surface area is 86.1 Å². The maximum absolute atomic E-state index is 9.40. The highest BCUT2D eigenvalue weighted by atomic mass is 35.5. The van der Waals surface area contributed by atoms with Crippen LogP contribution in [-0.2, 0) is 0 Å². The summed E-state index contributed by atoms with van der Waals surface area (Å²) in [5.74, 6) is 0.0325. The van der Waals surface area contributed by atoms with Gasteiger partial charge in [0.05, 0.1) is 16.2 Å². The highest BCUT2D eigenvalue weighted by molar-refractivity contribution is 6.36. The Hall–Kier alpha value is -1.48. The van der Waals surface area contributed by atoms with Gasteiger partial charge in [0.15, 0.2) is 0 Å². The number of nitrogens with zero attached hydrogens (tertiary/aromatic N) is 1. The van der Waals surface area contributed by atoms with Gasteiger partial charge in [-0.2, -0.15) is 0 Å². The van der Waals surface area contributed by atoms with Crippen molar-refractivity contribution in [3.63, 3.8) is 0 Å². The number of anilines is 1. The van der Waals surface area contributed by atoms with Crippen LogP contribution in [0, 0.1) is 6.92 Å². The third-order valence-electron chi connectivity index (χ3n) is 2.07. The van der Waals surface area contributed by atoms with Crippen LogP contribution < -0.4 is 5.73 Å². The van der Waals surface area contributed by atoms with Crippen molar-refractivity contribution in [1.29, 1.82) is 0 Å². The molecule has 1 heterocycles. The molecule has 0 atom stereocenters. The van der Waals surface area contributed by atoms with Gasteiger partial charge in [-0.3, -0.25) is 4.98 Å². The number of aryl methyl sites for hydroxylation is 1. The first-order chi connectivity index (χ1) is 6.59. The first-order valence-electron chi connectivity index (χ1n) is 4.14. The number of phenolic OH excluding ortho intramolecular Hbond substituents is 1. The topological polar surface area (TPSA) is 59.1 Å². The number of phenols is 1. The van der Waals surface area contributed by atoms with Crippen LogP contribution in [0.25, 0.3) is 10.9 Å². The maximum atomic E-state index is 9.40. The number of halogens is 1. The standard InChI is InChI=1S/C10H9ClN2O/c1-5-4-6(11)9-7(13-5)2-3-8(14)10(9)12/h2-4,14H,12H2,1H3. The largest absolute Gasteiger partial charge is 0.506 e. The Morgan fingerprint density at radius 3 is 2.86 bits per heavy atom. The number of rotatable bonds is 0. The number of nitrogens with two attached hydrogens (primary N) is 1. The number of benzene rings is 1. The van der Waals surface area contributed by atoms with Gasteiger partial charge in [-0.1, -0.05) is 11.6 Å². The summed E-state index contributed by atoms with van der Waals surface area (Å²) in [5.41, 5.74) is 7.50. The van der Waals surface area contributed by atoms with Crippen LogP contribution >= 0.6 is 11.6 Å². The molecule has 0 aliphatic carbocycles. The normalized spacial score (nSPS) is 10.7.